The van der Waals surface area contributed by atoms with Gasteiger partial charge in [-0.05, 0) is 42.7 Å². The third-order valence-corrected chi connectivity index (χ3v) is 3.49. The fraction of sp³-hybridized carbons (Fsp3) is 0.316. The fourth-order valence-corrected chi connectivity index (χ4v) is 2.23. The van der Waals surface area contributed by atoms with Crippen LogP contribution < -0.4 is 15.4 Å². The van der Waals surface area contributed by atoms with Gasteiger partial charge in [0.25, 0.3) is 0 Å². The van der Waals surface area contributed by atoms with Crippen LogP contribution >= 0.6 is 0 Å². The number of rotatable bonds is 7. The Morgan fingerprint density at radius 1 is 1.09 bits per heavy atom. The van der Waals surface area contributed by atoms with Gasteiger partial charge in [0, 0.05) is 5.69 Å². The van der Waals surface area contributed by atoms with Crippen LogP contribution in [0, 0.1) is 0 Å². The molecular formula is C19H24N2O2. The molecule has 4 heteroatoms. The van der Waals surface area contributed by atoms with E-state index >= 15 is 0 Å². The zero-order valence-electron chi connectivity index (χ0n) is 13.9. The first-order chi connectivity index (χ1) is 11.1. The zero-order chi connectivity index (χ0) is 16.7. The minimum atomic E-state index is -0.0893. The highest BCUT2D eigenvalue weighted by Gasteiger charge is 2.06. The van der Waals surface area contributed by atoms with Gasteiger partial charge in [0.2, 0.25) is 5.91 Å². The number of ether oxygens (including phenoxy) is 1. The molecule has 0 atom stereocenters. The number of hydrogen-bond acceptors (Lipinski definition) is 3. The molecule has 0 aliphatic carbocycles. The Kier molecular flexibility index (Phi) is 6.03. The lowest BCUT2D eigenvalue weighted by Gasteiger charge is -2.12. The molecule has 0 aliphatic heterocycles. The summed E-state index contributed by atoms with van der Waals surface area (Å²) in [6.07, 6.45) is 0. The zero-order valence-corrected chi connectivity index (χ0v) is 13.9. The molecule has 0 saturated heterocycles. The maximum absolute atomic E-state index is 12.1. The number of para-hydroxylation sites is 2. The molecule has 0 fully saturated rings. The summed E-state index contributed by atoms with van der Waals surface area (Å²) < 4.78 is 5.53. The second-order valence-electron chi connectivity index (χ2n) is 5.61. The Balaban J connectivity index is 1.90. The van der Waals surface area contributed by atoms with E-state index in [1.54, 1.807) is 0 Å². The van der Waals surface area contributed by atoms with E-state index in [9.17, 15) is 4.79 Å². The number of amides is 1. The molecular weight excluding hydrogens is 288 g/mol. The Hall–Kier alpha value is -2.49. The highest BCUT2D eigenvalue weighted by molar-refractivity contribution is 5.93. The molecule has 2 aromatic rings. The summed E-state index contributed by atoms with van der Waals surface area (Å²) in [6, 6.07) is 15.5. The average Bonchev–Trinajstić information content (AvgIpc) is 2.55. The highest BCUT2D eigenvalue weighted by Crippen LogP contribution is 2.23. The molecule has 2 aromatic carbocycles. The monoisotopic (exact) mass is 312 g/mol. The van der Waals surface area contributed by atoms with Crippen LogP contribution in [-0.4, -0.2) is 19.1 Å². The fourth-order valence-electron chi connectivity index (χ4n) is 2.23. The first-order valence-corrected chi connectivity index (χ1v) is 7.95. The van der Waals surface area contributed by atoms with Gasteiger partial charge in [-0.25, -0.2) is 0 Å². The predicted octanol–water partition coefficient (Wildman–Crippen LogP) is 4.26. The SMILES string of the molecule is CCOc1ccccc1NCC(=O)Nc1ccc(C(C)C)cc1. The molecule has 2 rings (SSSR count). The van der Waals surface area contributed by atoms with E-state index in [0.717, 1.165) is 17.1 Å². The van der Waals surface area contributed by atoms with Gasteiger partial charge in [-0.3, -0.25) is 4.79 Å². The molecule has 0 radical (unpaired) electrons. The molecule has 122 valence electrons. The molecule has 1 amide bonds. The van der Waals surface area contributed by atoms with Gasteiger partial charge in [-0.2, -0.15) is 0 Å². The molecule has 0 heterocycles. The molecule has 0 aromatic heterocycles. The smallest absolute Gasteiger partial charge is 0.243 e. The van der Waals surface area contributed by atoms with Crippen LogP contribution in [0.1, 0.15) is 32.3 Å². The Morgan fingerprint density at radius 3 is 2.43 bits per heavy atom. The van der Waals surface area contributed by atoms with Gasteiger partial charge in [0.1, 0.15) is 5.75 Å². The largest absolute Gasteiger partial charge is 0.492 e. The summed E-state index contributed by atoms with van der Waals surface area (Å²) in [6.45, 7) is 7.01. The van der Waals surface area contributed by atoms with E-state index in [0.29, 0.717) is 12.5 Å². The van der Waals surface area contributed by atoms with Crippen LogP contribution in [0.15, 0.2) is 48.5 Å². The third kappa shape index (κ3) is 5.02. The van der Waals surface area contributed by atoms with Gasteiger partial charge < -0.3 is 15.4 Å². The van der Waals surface area contributed by atoms with Gasteiger partial charge >= 0.3 is 0 Å². The van der Waals surface area contributed by atoms with Crippen molar-refractivity contribution in [1.82, 2.24) is 0 Å². The topological polar surface area (TPSA) is 50.4 Å². The first kappa shape index (κ1) is 16.9. The van der Waals surface area contributed by atoms with Crippen LogP contribution in [0.2, 0.25) is 0 Å². The second-order valence-corrected chi connectivity index (χ2v) is 5.61. The first-order valence-electron chi connectivity index (χ1n) is 7.95. The van der Waals surface area contributed by atoms with Crippen LogP contribution in [0.25, 0.3) is 0 Å². The lowest BCUT2D eigenvalue weighted by atomic mass is 10.0. The summed E-state index contributed by atoms with van der Waals surface area (Å²) in [7, 11) is 0. The molecule has 4 nitrogen and oxygen atoms in total. The van der Waals surface area contributed by atoms with Gasteiger partial charge in [-0.1, -0.05) is 38.1 Å². The molecule has 0 unspecified atom stereocenters. The minimum absolute atomic E-state index is 0.0893. The summed E-state index contributed by atoms with van der Waals surface area (Å²) in [4.78, 5) is 12.1. The summed E-state index contributed by atoms with van der Waals surface area (Å²) in [5.41, 5.74) is 2.88. The quantitative estimate of drug-likeness (QED) is 0.803. The normalized spacial score (nSPS) is 10.4. The Morgan fingerprint density at radius 2 is 1.78 bits per heavy atom. The Labute approximate surface area is 137 Å². The number of anilines is 2. The highest BCUT2D eigenvalue weighted by atomic mass is 16.5. The third-order valence-electron chi connectivity index (χ3n) is 3.49. The predicted molar refractivity (Wildman–Crippen MR) is 95.3 cm³/mol. The molecule has 23 heavy (non-hydrogen) atoms. The van der Waals surface area contributed by atoms with Gasteiger partial charge in [0.15, 0.2) is 0 Å². The molecule has 2 N–H and O–H groups in total. The average molecular weight is 312 g/mol. The second kappa shape index (κ2) is 8.22. The van der Waals surface area contributed by atoms with Crippen molar-refractivity contribution < 1.29 is 9.53 Å². The van der Waals surface area contributed by atoms with E-state index in [1.165, 1.54) is 5.56 Å². The molecule has 0 aliphatic rings. The van der Waals surface area contributed by atoms with Gasteiger partial charge in [0.05, 0.1) is 18.8 Å². The van der Waals surface area contributed by atoms with Crippen molar-refractivity contribution in [1.29, 1.82) is 0 Å². The maximum atomic E-state index is 12.1. The van der Waals surface area contributed by atoms with E-state index in [4.69, 9.17) is 4.74 Å². The van der Waals surface area contributed by atoms with Crippen molar-refractivity contribution >= 4 is 17.3 Å². The van der Waals surface area contributed by atoms with Crippen molar-refractivity contribution in [3.63, 3.8) is 0 Å². The van der Waals surface area contributed by atoms with E-state index in [2.05, 4.69) is 24.5 Å². The van der Waals surface area contributed by atoms with E-state index in [-0.39, 0.29) is 12.5 Å². The van der Waals surface area contributed by atoms with Crippen LogP contribution in [0.4, 0.5) is 11.4 Å². The minimum Gasteiger partial charge on any atom is -0.492 e. The lowest BCUT2D eigenvalue weighted by molar-refractivity contribution is -0.114. The Bertz CT molecular complexity index is 636. The van der Waals surface area contributed by atoms with Crippen molar-refractivity contribution in [3.05, 3.63) is 54.1 Å². The number of benzene rings is 2. The number of nitrogens with one attached hydrogen (secondary N) is 2. The standard InChI is InChI=1S/C19H24N2O2/c1-4-23-18-8-6-5-7-17(18)20-13-19(22)21-16-11-9-15(10-12-16)14(2)3/h5-12,14,20H,4,13H2,1-3H3,(H,21,22). The van der Waals surface area contributed by atoms with Gasteiger partial charge in [-0.15, -0.1) is 0 Å². The summed E-state index contributed by atoms with van der Waals surface area (Å²) in [5, 5.41) is 6.00. The summed E-state index contributed by atoms with van der Waals surface area (Å²) >= 11 is 0. The maximum Gasteiger partial charge on any atom is 0.243 e. The van der Waals surface area contributed by atoms with Crippen molar-refractivity contribution in [2.75, 3.05) is 23.8 Å². The number of carbonyl (C=O) groups is 1. The van der Waals surface area contributed by atoms with Crippen LogP contribution in [0.5, 0.6) is 5.75 Å². The lowest BCUT2D eigenvalue weighted by Crippen LogP contribution is -2.22. The van der Waals surface area contributed by atoms with Crippen molar-refractivity contribution in [2.45, 2.75) is 26.7 Å². The molecule has 0 bridgehead atoms. The number of carbonyl (C=O) groups excluding carboxylic acids is 1. The van der Waals surface area contributed by atoms with E-state index in [1.807, 2.05) is 55.5 Å². The van der Waals surface area contributed by atoms with Crippen molar-refractivity contribution in [3.8, 4) is 5.75 Å². The van der Waals surface area contributed by atoms with Crippen LogP contribution in [-0.2, 0) is 4.79 Å². The number of hydrogen-bond donors (Lipinski definition) is 2. The van der Waals surface area contributed by atoms with Crippen LogP contribution in [0.3, 0.4) is 0 Å². The summed E-state index contributed by atoms with van der Waals surface area (Å²) in [5.74, 6) is 1.15. The molecule has 0 saturated carbocycles. The molecule has 0 spiro atoms. The van der Waals surface area contributed by atoms with Crippen molar-refractivity contribution in [2.24, 2.45) is 0 Å². The van der Waals surface area contributed by atoms with E-state index < -0.39 is 0 Å².